The molecule has 0 fully saturated rings. The van der Waals surface area contributed by atoms with Crippen LogP contribution in [-0.4, -0.2) is 41.8 Å². The lowest BCUT2D eigenvalue weighted by atomic mass is 9.98. The van der Waals surface area contributed by atoms with Gasteiger partial charge >= 0.3 is 12.1 Å². The number of carbonyl (C=O) groups excluding carboxylic acids is 2. The molecule has 0 saturated carbocycles. The molecule has 1 aliphatic rings. The van der Waals surface area contributed by atoms with Crippen LogP contribution in [0.5, 0.6) is 0 Å². The Hall–Kier alpha value is -3.35. The van der Waals surface area contributed by atoms with E-state index in [-0.39, 0.29) is 18.9 Å². The van der Waals surface area contributed by atoms with Crippen molar-refractivity contribution in [2.24, 2.45) is 0 Å². The molecule has 0 spiro atoms. The molecule has 1 unspecified atom stereocenters. The molecular weight excluding hydrogens is 384 g/mol. The summed E-state index contributed by atoms with van der Waals surface area (Å²) in [6.07, 6.45) is -0.142. The number of nitrogens with one attached hydrogen (secondary N) is 2. The fourth-order valence-electron chi connectivity index (χ4n) is 3.75. The van der Waals surface area contributed by atoms with Crippen LogP contribution in [0.25, 0.3) is 11.1 Å². The van der Waals surface area contributed by atoms with E-state index >= 15 is 0 Å². The summed E-state index contributed by atoms with van der Waals surface area (Å²) in [5, 5.41) is 14.1. The number of ether oxygens (including phenoxy) is 1. The average molecular weight is 410 g/mol. The molecule has 30 heavy (non-hydrogen) atoms. The summed E-state index contributed by atoms with van der Waals surface area (Å²) in [5.41, 5.74) is 4.46. The molecule has 0 heterocycles. The Labute approximate surface area is 175 Å². The van der Waals surface area contributed by atoms with E-state index in [0.717, 1.165) is 22.3 Å². The van der Waals surface area contributed by atoms with Gasteiger partial charge in [-0.25, -0.2) is 9.59 Å². The lowest BCUT2D eigenvalue weighted by molar-refractivity contribution is -0.142. The molecule has 2 aromatic carbocycles. The molecule has 158 valence electrons. The van der Waals surface area contributed by atoms with Crippen LogP contribution in [0.4, 0.5) is 4.79 Å². The summed E-state index contributed by atoms with van der Waals surface area (Å²) in [7, 11) is 0. The van der Waals surface area contributed by atoms with Gasteiger partial charge in [-0.1, -0.05) is 62.4 Å². The van der Waals surface area contributed by atoms with E-state index in [1.807, 2.05) is 36.4 Å². The van der Waals surface area contributed by atoms with Crippen LogP contribution in [0.1, 0.15) is 43.7 Å². The standard InChI is InChI=1S/C23H26N2O5/c1-3-19(21(26)24-20(4-2)22(27)28)25-23(29)30-13-18-16-11-7-5-9-14(16)15-10-6-8-12-17(15)18/h5-12,18-20H,3-4,13H2,1-2H3,(H,24,26)(H,25,29)(H,27,28)/t19-,20?/m0/s1. The van der Waals surface area contributed by atoms with E-state index in [0.29, 0.717) is 6.42 Å². The summed E-state index contributed by atoms with van der Waals surface area (Å²) in [6, 6.07) is 14.2. The van der Waals surface area contributed by atoms with Crippen LogP contribution in [0, 0.1) is 0 Å². The molecule has 2 atom stereocenters. The maximum atomic E-state index is 12.4. The van der Waals surface area contributed by atoms with E-state index in [1.54, 1.807) is 13.8 Å². The van der Waals surface area contributed by atoms with Crippen LogP contribution in [-0.2, 0) is 14.3 Å². The number of hydrogen-bond acceptors (Lipinski definition) is 4. The first kappa shape index (κ1) is 21.4. The highest BCUT2D eigenvalue weighted by Crippen LogP contribution is 2.44. The van der Waals surface area contributed by atoms with Gasteiger partial charge in [0.25, 0.3) is 0 Å². The van der Waals surface area contributed by atoms with Gasteiger partial charge in [-0.2, -0.15) is 0 Å². The molecule has 0 bridgehead atoms. The predicted molar refractivity (Wildman–Crippen MR) is 112 cm³/mol. The molecule has 0 aromatic heterocycles. The number of fused-ring (bicyclic) bond motifs is 3. The van der Waals surface area contributed by atoms with Gasteiger partial charge in [0.05, 0.1) is 0 Å². The lowest BCUT2D eigenvalue weighted by Crippen LogP contribution is -2.51. The normalized spacial score (nSPS) is 14.2. The van der Waals surface area contributed by atoms with E-state index in [9.17, 15) is 14.4 Å². The lowest BCUT2D eigenvalue weighted by Gasteiger charge is -2.20. The highest BCUT2D eigenvalue weighted by atomic mass is 16.5. The topological polar surface area (TPSA) is 105 Å². The van der Waals surface area contributed by atoms with E-state index in [2.05, 4.69) is 22.8 Å². The summed E-state index contributed by atoms with van der Waals surface area (Å²) in [6.45, 7) is 3.54. The second kappa shape index (κ2) is 9.43. The van der Waals surface area contributed by atoms with Gasteiger partial charge in [-0.15, -0.1) is 0 Å². The zero-order valence-corrected chi connectivity index (χ0v) is 17.1. The summed E-state index contributed by atoms with van der Waals surface area (Å²) in [4.78, 5) is 35.8. The number of alkyl carbamates (subject to hydrolysis) is 1. The molecule has 2 amide bonds. The largest absolute Gasteiger partial charge is 0.480 e. The Morgan fingerprint density at radius 2 is 1.43 bits per heavy atom. The first-order valence-corrected chi connectivity index (χ1v) is 10.1. The van der Waals surface area contributed by atoms with Crippen molar-refractivity contribution in [1.82, 2.24) is 10.6 Å². The molecule has 1 aliphatic carbocycles. The second-order valence-electron chi connectivity index (χ2n) is 7.24. The third-order valence-corrected chi connectivity index (χ3v) is 5.38. The van der Waals surface area contributed by atoms with Gasteiger partial charge in [-0.05, 0) is 35.1 Å². The zero-order valence-electron chi connectivity index (χ0n) is 17.1. The van der Waals surface area contributed by atoms with Crippen molar-refractivity contribution in [1.29, 1.82) is 0 Å². The van der Waals surface area contributed by atoms with Crippen LogP contribution in [0.2, 0.25) is 0 Å². The number of carboxylic acids is 1. The van der Waals surface area contributed by atoms with Crippen molar-refractivity contribution in [2.75, 3.05) is 6.61 Å². The smallest absolute Gasteiger partial charge is 0.407 e. The maximum absolute atomic E-state index is 12.4. The van der Waals surface area contributed by atoms with Crippen LogP contribution >= 0.6 is 0 Å². The Kier molecular flexibility index (Phi) is 6.72. The average Bonchev–Trinajstić information content (AvgIpc) is 3.07. The van der Waals surface area contributed by atoms with Crippen molar-refractivity contribution < 1.29 is 24.2 Å². The van der Waals surface area contributed by atoms with Crippen LogP contribution < -0.4 is 10.6 Å². The van der Waals surface area contributed by atoms with Gasteiger partial charge in [-0.3, -0.25) is 4.79 Å². The Balaban J connectivity index is 1.63. The number of benzene rings is 2. The molecule has 7 nitrogen and oxygen atoms in total. The summed E-state index contributed by atoms with van der Waals surface area (Å²) < 4.78 is 5.45. The highest BCUT2D eigenvalue weighted by Gasteiger charge is 2.30. The van der Waals surface area contributed by atoms with E-state index in [1.165, 1.54) is 0 Å². The molecule has 0 aliphatic heterocycles. The van der Waals surface area contributed by atoms with Gasteiger partial charge in [0.2, 0.25) is 5.91 Å². The minimum atomic E-state index is -1.11. The SMILES string of the molecule is CCC(NC(=O)[C@H](CC)NC(=O)OCC1c2ccccc2-c2ccccc21)C(=O)O. The molecular formula is C23H26N2O5. The minimum Gasteiger partial charge on any atom is -0.480 e. The Morgan fingerprint density at radius 1 is 0.900 bits per heavy atom. The fraction of sp³-hybridized carbons (Fsp3) is 0.348. The van der Waals surface area contributed by atoms with Gasteiger partial charge < -0.3 is 20.5 Å². The van der Waals surface area contributed by atoms with Gasteiger partial charge in [0.1, 0.15) is 18.7 Å². The van der Waals surface area contributed by atoms with Crippen LogP contribution in [0.15, 0.2) is 48.5 Å². The molecule has 7 heteroatoms. The number of hydrogen-bond donors (Lipinski definition) is 3. The van der Waals surface area contributed by atoms with Crippen molar-refractivity contribution >= 4 is 18.0 Å². The molecule has 0 radical (unpaired) electrons. The zero-order chi connectivity index (χ0) is 21.7. The number of carboxylic acid groups (broad SMARTS) is 1. The fourth-order valence-corrected chi connectivity index (χ4v) is 3.75. The first-order chi connectivity index (χ1) is 14.5. The highest BCUT2D eigenvalue weighted by molar-refractivity contribution is 5.89. The quantitative estimate of drug-likeness (QED) is 0.619. The second-order valence-corrected chi connectivity index (χ2v) is 7.24. The third-order valence-electron chi connectivity index (χ3n) is 5.38. The molecule has 0 saturated heterocycles. The van der Waals surface area contributed by atoms with Gasteiger partial charge in [0.15, 0.2) is 0 Å². The minimum absolute atomic E-state index is 0.0754. The molecule has 3 N–H and O–H groups in total. The molecule has 3 rings (SSSR count). The van der Waals surface area contributed by atoms with Crippen molar-refractivity contribution in [2.45, 2.75) is 44.7 Å². The van der Waals surface area contributed by atoms with Crippen molar-refractivity contribution in [3.8, 4) is 11.1 Å². The van der Waals surface area contributed by atoms with E-state index < -0.39 is 30.1 Å². The number of amides is 2. The summed E-state index contributed by atoms with van der Waals surface area (Å²) in [5.74, 6) is -1.73. The number of aliphatic carboxylic acids is 1. The number of rotatable bonds is 8. The maximum Gasteiger partial charge on any atom is 0.407 e. The van der Waals surface area contributed by atoms with Gasteiger partial charge in [0, 0.05) is 5.92 Å². The first-order valence-electron chi connectivity index (χ1n) is 10.1. The Bertz CT molecular complexity index is 897. The third kappa shape index (κ3) is 4.45. The van der Waals surface area contributed by atoms with Crippen molar-refractivity contribution in [3.63, 3.8) is 0 Å². The van der Waals surface area contributed by atoms with E-state index in [4.69, 9.17) is 9.84 Å². The van der Waals surface area contributed by atoms with Crippen molar-refractivity contribution in [3.05, 3.63) is 59.7 Å². The molecule has 2 aromatic rings. The van der Waals surface area contributed by atoms with Crippen LogP contribution in [0.3, 0.4) is 0 Å². The number of carbonyl (C=O) groups is 3. The Morgan fingerprint density at radius 3 is 1.93 bits per heavy atom. The monoisotopic (exact) mass is 410 g/mol. The summed E-state index contributed by atoms with van der Waals surface area (Å²) >= 11 is 0. The predicted octanol–water partition coefficient (Wildman–Crippen LogP) is 3.28.